The van der Waals surface area contributed by atoms with E-state index in [0.717, 1.165) is 11.3 Å². The summed E-state index contributed by atoms with van der Waals surface area (Å²) in [6.07, 6.45) is 0.893. The fraction of sp³-hybridized carbons (Fsp3) is 0.400. The van der Waals surface area contributed by atoms with Crippen molar-refractivity contribution in [1.82, 2.24) is 26.1 Å². The van der Waals surface area contributed by atoms with E-state index in [1.165, 1.54) is 46.2 Å². The molecule has 8 nitrogen and oxygen atoms in total. The highest BCUT2D eigenvalue weighted by atomic mass is 32.2. The van der Waals surface area contributed by atoms with Crippen molar-refractivity contribution in [3.8, 4) is 0 Å². The largest absolute Gasteiger partial charge is 0.355 e. The Morgan fingerprint density at radius 3 is 2.41 bits per heavy atom. The van der Waals surface area contributed by atoms with Crippen LogP contribution in [-0.2, 0) is 16.1 Å². The number of amides is 4. The van der Waals surface area contributed by atoms with Crippen LogP contribution < -0.4 is 16.0 Å². The number of rotatable bonds is 10. The first kappa shape index (κ1) is 21.7. The molecule has 0 unspecified atom stereocenters. The number of nitrogens with zero attached hydrogens (tertiary/aromatic N) is 2. The predicted molar refractivity (Wildman–Crippen MR) is 109 cm³/mol. The van der Waals surface area contributed by atoms with Crippen LogP contribution >= 0.6 is 46.2 Å². The van der Waals surface area contributed by atoms with Crippen LogP contribution in [0.3, 0.4) is 0 Å². The Labute approximate surface area is 173 Å². The molecule has 0 saturated heterocycles. The molecule has 0 spiro atoms. The Morgan fingerprint density at radius 2 is 1.78 bits per heavy atom. The molecule has 0 bridgehead atoms. The van der Waals surface area contributed by atoms with Gasteiger partial charge in [0.25, 0.3) is 0 Å². The lowest BCUT2D eigenvalue weighted by atomic mass is 10.5. The Bertz CT molecular complexity index is 750. The normalized spacial score (nSPS) is 10.4. The predicted octanol–water partition coefficient (Wildman–Crippen LogP) is 2.34. The second-order valence-corrected chi connectivity index (χ2v) is 9.53. The number of thiophene rings is 1. The van der Waals surface area contributed by atoms with Gasteiger partial charge in [-0.1, -0.05) is 47.9 Å². The number of urea groups is 1. The number of thioether (sulfide) groups is 2. The van der Waals surface area contributed by atoms with Crippen molar-refractivity contribution < 1.29 is 14.4 Å². The Balaban J connectivity index is 1.64. The molecule has 0 aliphatic carbocycles. The second kappa shape index (κ2) is 12.0. The Hall–Kier alpha value is -1.63. The van der Waals surface area contributed by atoms with E-state index in [1.807, 2.05) is 24.4 Å². The highest BCUT2D eigenvalue weighted by Gasteiger charge is 2.12. The summed E-state index contributed by atoms with van der Waals surface area (Å²) >= 11 is 5.35. The molecule has 0 aliphatic heterocycles. The van der Waals surface area contributed by atoms with Crippen molar-refractivity contribution >= 4 is 64.0 Å². The fourth-order valence-corrected chi connectivity index (χ4v) is 4.97. The van der Waals surface area contributed by atoms with Gasteiger partial charge < -0.3 is 10.6 Å². The lowest BCUT2D eigenvalue weighted by Gasteiger charge is -2.04. The molecule has 0 aliphatic rings. The molecule has 12 heteroatoms. The van der Waals surface area contributed by atoms with E-state index in [4.69, 9.17) is 0 Å². The summed E-state index contributed by atoms with van der Waals surface area (Å²) in [6, 6.07) is 3.27. The van der Waals surface area contributed by atoms with Gasteiger partial charge in [0, 0.05) is 11.4 Å². The third-order valence-corrected chi connectivity index (χ3v) is 6.94. The van der Waals surface area contributed by atoms with Gasteiger partial charge in [0.1, 0.15) is 0 Å². The summed E-state index contributed by atoms with van der Waals surface area (Å²) in [7, 11) is 0. The molecule has 2 aromatic rings. The van der Waals surface area contributed by atoms with Crippen LogP contribution in [0.5, 0.6) is 0 Å². The quantitative estimate of drug-likeness (QED) is 0.481. The maximum atomic E-state index is 11.8. The van der Waals surface area contributed by atoms with Gasteiger partial charge in [-0.25, -0.2) is 4.79 Å². The minimum absolute atomic E-state index is 0.0424. The van der Waals surface area contributed by atoms with E-state index >= 15 is 0 Å². The van der Waals surface area contributed by atoms with Crippen molar-refractivity contribution in [2.75, 3.05) is 18.1 Å². The average Bonchev–Trinajstić information content (AvgIpc) is 3.33. The second-order valence-electron chi connectivity index (χ2n) is 5.07. The summed E-state index contributed by atoms with van der Waals surface area (Å²) in [4.78, 5) is 36.1. The van der Waals surface area contributed by atoms with Crippen LogP contribution in [0.4, 0.5) is 4.79 Å². The lowest BCUT2D eigenvalue weighted by molar-refractivity contribution is -0.119. The molecule has 0 radical (unpaired) electrons. The van der Waals surface area contributed by atoms with Gasteiger partial charge in [-0.2, -0.15) is 0 Å². The van der Waals surface area contributed by atoms with Crippen LogP contribution in [-0.4, -0.2) is 46.1 Å². The van der Waals surface area contributed by atoms with E-state index in [1.54, 1.807) is 0 Å². The minimum atomic E-state index is -0.527. The molecule has 2 aromatic heterocycles. The van der Waals surface area contributed by atoms with Gasteiger partial charge in [0.05, 0.1) is 18.1 Å². The van der Waals surface area contributed by atoms with Gasteiger partial charge >= 0.3 is 6.03 Å². The van der Waals surface area contributed by atoms with Crippen molar-refractivity contribution in [3.05, 3.63) is 22.4 Å². The average molecular weight is 446 g/mol. The Morgan fingerprint density at radius 1 is 1.07 bits per heavy atom. The third kappa shape index (κ3) is 8.73. The molecule has 2 rings (SSSR count). The van der Waals surface area contributed by atoms with Crippen molar-refractivity contribution in [3.63, 3.8) is 0 Å². The van der Waals surface area contributed by atoms with Crippen molar-refractivity contribution in [2.45, 2.75) is 28.6 Å². The number of imide groups is 1. The SMILES string of the molecule is CCCNC(=O)CSc1nnc(SCC(=O)NC(=O)NCc2cccs2)s1. The summed E-state index contributed by atoms with van der Waals surface area (Å²) in [5.41, 5.74) is 0. The smallest absolute Gasteiger partial charge is 0.321 e. The standard InChI is InChI=1S/C15H19N5O3S4/c1-2-5-16-11(21)8-25-14-19-20-15(27-14)26-9-12(22)18-13(23)17-7-10-4-3-6-24-10/h3-4,6H,2,5,7-9H2,1H3,(H,16,21)(H2,17,18,22,23). The van der Waals surface area contributed by atoms with Gasteiger partial charge in [0.15, 0.2) is 8.68 Å². The summed E-state index contributed by atoms with van der Waals surface area (Å²) in [5.74, 6) is -0.112. The number of carbonyl (C=O) groups excluding carboxylic acids is 3. The monoisotopic (exact) mass is 445 g/mol. The number of carbonyl (C=O) groups is 3. The molecular weight excluding hydrogens is 426 g/mol. The molecule has 4 amide bonds. The summed E-state index contributed by atoms with van der Waals surface area (Å²) in [5, 5.41) is 17.6. The van der Waals surface area contributed by atoms with Gasteiger partial charge in [-0.15, -0.1) is 21.5 Å². The molecule has 0 atom stereocenters. The van der Waals surface area contributed by atoms with E-state index in [9.17, 15) is 14.4 Å². The Kier molecular flexibility index (Phi) is 9.59. The van der Waals surface area contributed by atoms with Crippen molar-refractivity contribution in [2.24, 2.45) is 0 Å². The van der Waals surface area contributed by atoms with Gasteiger partial charge in [0.2, 0.25) is 11.8 Å². The van der Waals surface area contributed by atoms with Gasteiger partial charge in [-0.05, 0) is 17.9 Å². The first-order chi connectivity index (χ1) is 13.1. The van der Waals surface area contributed by atoms with Crippen LogP contribution in [0, 0.1) is 0 Å². The molecule has 0 fully saturated rings. The van der Waals surface area contributed by atoms with E-state index < -0.39 is 11.9 Å². The van der Waals surface area contributed by atoms with Crippen LogP contribution in [0.15, 0.2) is 26.2 Å². The first-order valence-corrected chi connectivity index (χ1v) is 11.7. The van der Waals surface area contributed by atoms with E-state index in [0.29, 0.717) is 21.8 Å². The van der Waals surface area contributed by atoms with Crippen LogP contribution in [0.2, 0.25) is 0 Å². The summed E-state index contributed by atoms with van der Waals surface area (Å²) < 4.78 is 1.28. The van der Waals surface area contributed by atoms with E-state index in [-0.39, 0.29) is 17.4 Å². The summed E-state index contributed by atoms with van der Waals surface area (Å²) in [6.45, 7) is 3.03. The van der Waals surface area contributed by atoms with Gasteiger partial charge in [-0.3, -0.25) is 14.9 Å². The number of hydrogen-bond acceptors (Lipinski definition) is 9. The zero-order valence-corrected chi connectivity index (χ0v) is 17.8. The zero-order chi connectivity index (χ0) is 19.5. The van der Waals surface area contributed by atoms with E-state index in [2.05, 4.69) is 26.1 Å². The van der Waals surface area contributed by atoms with Crippen LogP contribution in [0.1, 0.15) is 18.2 Å². The first-order valence-electron chi connectivity index (χ1n) is 8.02. The molecule has 2 heterocycles. The van der Waals surface area contributed by atoms with Crippen molar-refractivity contribution in [1.29, 1.82) is 0 Å². The number of hydrogen-bond donors (Lipinski definition) is 3. The highest BCUT2D eigenvalue weighted by Crippen LogP contribution is 2.28. The molecule has 0 aromatic carbocycles. The van der Waals surface area contributed by atoms with Crippen LogP contribution in [0.25, 0.3) is 0 Å². The molecule has 146 valence electrons. The maximum Gasteiger partial charge on any atom is 0.321 e. The highest BCUT2D eigenvalue weighted by molar-refractivity contribution is 8.03. The molecule has 3 N–H and O–H groups in total. The number of aromatic nitrogens is 2. The third-order valence-electron chi connectivity index (χ3n) is 2.87. The molecule has 27 heavy (non-hydrogen) atoms. The fourth-order valence-electron chi connectivity index (χ4n) is 1.67. The topological polar surface area (TPSA) is 113 Å². The minimum Gasteiger partial charge on any atom is -0.355 e. The lowest BCUT2D eigenvalue weighted by Crippen LogP contribution is -2.39. The molecular formula is C15H19N5O3S4. The zero-order valence-electron chi connectivity index (χ0n) is 14.5. The maximum absolute atomic E-state index is 11.8. The number of nitrogens with one attached hydrogen (secondary N) is 3. The molecule has 0 saturated carbocycles.